The maximum absolute atomic E-state index is 6.15. The van der Waals surface area contributed by atoms with Crippen molar-refractivity contribution in [2.24, 2.45) is 0 Å². The summed E-state index contributed by atoms with van der Waals surface area (Å²) in [6.07, 6.45) is 2.43. The Morgan fingerprint density at radius 3 is 2.30 bits per heavy atom. The van der Waals surface area contributed by atoms with E-state index in [2.05, 4.69) is 65.6 Å². The Kier molecular flexibility index (Phi) is 5.29. The summed E-state index contributed by atoms with van der Waals surface area (Å²) in [4.78, 5) is 2.55. The van der Waals surface area contributed by atoms with Crippen molar-refractivity contribution in [1.82, 2.24) is 4.90 Å². The van der Waals surface area contributed by atoms with E-state index in [1.54, 1.807) is 7.11 Å². The summed E-state index contributed by atoms with van der Waals surface area (Å²) in [5, 5.41) is 1.10. The van der Waals surface area contributed by atoms with Gasteiger partial charge in [-0.25, -0.2) is 0 Å². The number of ether oxygens (including phenoxy) is 1. The molecule has 0 N–H and O–H groups in total. The van der Waals surface area contributed by atoms with E-state index in [1.165, 1.54) is 24.0 Å². The third-order valence-electron chi connectivity index (χ3n) is 6.18. The van der Waals surface area contributed by atoms with Gasteiger partial charge in [-0.3, -0.25) is 4.90 Å². The summed E-state index contributed by atoms with van der Waals surface area (Å²) in [6, 6.07) is 27.7. The average molecular weight is 398 g/mol. The second-order valence-corrected chi connectivity index (χ2v) is 8.15. The van der Waals surface area contributed by atoms with Crippen molar-refractivity contribution in [1.29, 1.82) is 0 Å². The molecule has 1 aliphatic heterocycles. The molecule has 1 fully saturated rings. The lowest BCUT2D eigenvalue weighted by molar-refractivity contribution is 0.204. The summed E-state index contributed by atoms with van der Waals surface area (Å²) in [7, 11) is 1.72. The molecule has 0 atom stereocenters. The van der Waals surface area contributed by atoms with Crippen molar-refractivity contribution < 1.29 is 9.15 Å². The minimum atomic E-state index is 0.682. The molecule has 1 aromatic heterocycles. The average Bonchev–Trinajstić information content (AvgIpc) is 3.24. The van der Waals surface area contributed by atoms with Crippen LogP contribution in [0.15, 0.2) is 83.3 Å². The van der Waals surface area contributed by atoms with E-state index in [0.717, 1.165) is 47.7 Å². The number of furan rings is 1. The lowest BCUT2D eigenvalue weighted by Gasteiger charge is -2.32. The van der Waals surface area contributed by atoms with E-state index < -0.39 is 0 Å². The number of benzene rings is 3. The molecule has 0 radical (unpaired) electrons. The van der Waals surface area contributed by atoms with Gasteiger partial charge in [0.05, 0.1) is 7.11 Å². The normalized spacial score (nSPS) is 15.5. The van der Waals surface area contributed by atoms with Crippen molar-refractivity contribution in [2.45, 2.75) is 25.3 Å². The van der Waals surface area contributed by atoms with Gasteiger partial charge in [-0.2, -0.15) is 0 Å². The highest BCUT2D eigenvalue weighted by Gasteiger charge is 2.21. The molecular formula is C27H27NO2. The monoisotopic (exact) mass is 397 g/mol. The first kappa shape index (κ1) is 19.0. The van der Waals surface area contributed by atoms with Gasteiger partial charge in [0.1, 0.15) is 5.76 Å². The third kappa shape index (κ3) is 3.86. The van der Waals surface area contributed by atoms with Crippen molar-refractivity contribution in [2.75, 3.05) is 20.2 Å². The number of fused-ring (bicyclic) bond motifs is 1. The first-order valence-corrected chi connectivity index (χ1v) is 10.7. The molecule has 3 nitrogen and oxygen atoms in total. The van der Waals surface area contributed by atoms with Crippen LogP contribution in [-0.4, -0.2) is 25.1 Å². The minimum absolute atomic E-state index is 0.682. The molecule has 0 saturated carbocycles. The number of rotatable bonds is 5. The van der Waals surface area contributed by atoms with Crippen molar-refractivity contribution in [3.8, 4) is 17.1 Å². The van der Waals surface area contributed by atoms with Crippen LogP contribution in [0.1, 0.15) is 29.9 Å². The smallest absolute Gasteiger partial charge is 0.176 e. The molecule has 2 heterocycles. The molecule has 1 aliphatic rings. The second-order valence-electron chi connectivity index (χ2n) is 8.15. The predicted molar refractivity (Wildman–Crippen MR) is 122 cm³/mol. The predicted octanol–water partition coefficient (Wildman–Crippen LogP) is 6.49. The van der Waals surface area contributed by atoms with Gasteiger partial charge in [-0.15, -0.1) is 0 Å². The lowest BCUT2D eigenvalue weighted by atomic mass is 9.89. The van der Waals surface area contributed by atoms with E-state index in [9.17, 15) is 0 Å². The van der Waals surface area contributed by atoms with Crippen LogP contribution in [0.5, 0.6) is 5.75 Å². The highest BCUT2D eigenvalue weighted by Crippen LogP contribution is 2.35. The van der Waals surface area contributed by atoms with Gasteiger partial charge in [0.15, 0.2) is 11.3 Å². The summed E-state index contributed by atoms with van der Waals surface area (Å²) >= 11 is 0. The molecule has 0 spiro atoms. The molecule has 152 valence electrons. The molecule has 30 heavy (non-hydrogen) atoms. The molecule has 0 aliphatic carbocycles. The Morgan fingerprint density at radius 1 is 0.900 bits per heavy atom. The van der Waals surface area contributed by atoms with Gasteiger partial charge in [0.25, 0.3) is 0 Å². The van der Waals surface area contributed by atoms with Crippen LogP contribution in [0, 0.1) is 0 Å². The molecule has 0 bridgehead atoms. The second kappa shape index (κ2) is 8.37. The summed E-state index contributed by atoms with van der Waals surface area (Å²) in [5.74, 6) is 2.37. The molecule has 0 amide bonds. The molecule has 3 aromatic carbocycles. The topological polar surface area (TPSA) is 25.6 Å². The first-order chi connectivity index (χ1) is 14.8. The third-order valence-corrected chi connectivity index (χ3v) is 6.18. The van der Waals surface area contributed by atoms with Gasteiger partial charge in [-0.05, 0) is 61.2 Å². The largest absolute Gasteiger partial charge is 0.493 e. The van der Waals surface area contributed by atoms with E-state index in [4.69, 9.17) is 9.15 Å². The van der Waals surface area contributed by atoms with E-state index in [-0.39, 0.29) is 0 Å². The van der Waals surface area contributed by atoms with E-state index in [1.807, 2.05) is 18.2 Å². The summed E-state index contributed by atoms with van der Waals surface area (Å²) in [6.45, 7) is 3.20. The molecule has 1 saturated heterocycles. The SMILES string of the molecule is COc1cc(CN2CCC(c3ccccc3)CC2)cc2cc(-c3ccccc3)oc12. The van der Waals surface area contributed by atoms with Crippen LogP contribution < -0.4 is 4.74 Å². The van der Waals surface area contributed by atoms with Gasteiger partial charge < -0.3 is 9.15 Å². The lowest BCUT2D eigenvalue weighted by Crippen LogP contribution is -2.32. The van der Waals surface area contributed by atoms with Crippen LogP contribution >= 0.6 is 0 Å². The van der Waals surface area contributed by atoms with Crippen LogP contribution in [0.25, 0.3) is 22.3 Å². The molecule has 3 heteroatoms. The zero-order valence-corrected chi connectivity index (χ0v) is 17.4. The Hall–Kier alpha value is -3.04. The summed E-state index contributed by atoms with van der Waals surface area (Å²) in [5.41, 5.74) is 4.66. The van der Waals surface area contributed by atoms with Crippen LogP contribution in [0.2, 0.25) is 0 Å². The van der Waals surface area contributed by atoms with E-state index >= 15 is 0 Å². The molecule has 5 rings (SSSR count). The van der Waals surface area contributed by atoms with Crippen LogP contribution in [-0.2, 0) is 6.54 Å². The maximum atomic E-state index is 6.15. The number of methoxy groups -OCH3 is 1. The van der Waals surface area contributed by atoms with Crippen molar-refractivity contribution in [3.63, 3.8) is 0 Å². The zero-order valence-electron chi connectivity index (χ0n) is 17.4. The Morgan fingerprint density at radius 2 is 1.60 bits per heavy atom. The molecular weight excluding hydrogens is 370 g/mol. The fraction of sp³-hybridized carbons (Fsp3) is 0.259. The summed E-state index contributed by atoms with van der Waals surface area (Å²) < 4.78 is 11.8. The Bertz CT molecular complexity index is 1110. The Balaban J connectivity index is 1.34. The van der Waals surface area contributed by atoms with Gasteiger partial charge in [-0.1, -0.05) is 60.7 Å². The van der Waals surface area contributed by atoms with Gasteiger partial charge in [0.2, 0.25) is 0 Å². The zero-order chi connectivity index (χ0) is 20.3. The minimum Gasteiger partial charge on any atom is -0.493 e. The van der Waals surface area contributed by atoms with Crippen LogP contribution in [0.4, 0.5) is 0 Å². The highest BCUT2D eigenvalue weighted by atomic mass is 16.5. The number of hydrogen-bond donors (Lipinski definition) is 0. The number of nitrogens with zero attached hydrogens (tertiary/aromatic N) is 1. The molecule has 0 unspecified atom stereocenters. The van der Waals surface area contributed by atoms with Gasteiger partial charge >= 0.3 is 0 Å². The molecule has 4 aromatic rings. The van der Waals surface area contributed by atoms with Crippen LogP contribution in [0.3, 0.4) is 0 Å². The number of hydrogen-bond acceptors (Lipinski definition) is 3. The standard InChI is InChI=1S/C27H27NO2/c1-29-26-17-20(16-24-18-25(30-27(24)26)23-10-6-3-7-11-23)19-28-14-12-22(13-15-28)21-8-4-2-5-9-21/h2-11,16-18,22H,12-15,19H2,1H3. The maximum Gasteiger partial charge on any atom is 0.176 e. The Labute approximate surface area is 177 Å². The number of piperidine rings is 1. The fourth-order valence-corrected chi connectivity index (χ4v) is 4.58. The first-order valence-electron chi connectivity index (χ1n) is 10.7. The van der Waals surface area contributed by atoms with Gasteiger partial charge in [0, 0.05) is 17.5 Å². The highest BCUT2D eigenvalue weighted by molar-refractivity contribution is 5.88. The van der Waals surface area contributed by atoms with Crippen molar-refractivity contribution >= 4 is 11.0 Å². The quantitative estimate of drug-likeness (QED) is 0.385. The fourth-order valence-electron chi connectivity index (χ4n) is 4.58. The van der Waals surface area contributed by atoms with Crippen molar-refractivity contribution in [3.05, 3.63) is 90.0 Å². The number of likely N-dealkylation sites (tertiary alicyclic amines) is 1. The van der Waals surface area contributed by atoms with E-state index in [0.29, 0.717) is 5.92 Å².